The summed E-state index contributed by atoms with van der Waals surface area (Å²) in [5.74, 6) is -0.318. The summed E-state index contributed by atoms with van der Waals surface area (Å²) >= 11 is 0. The molecule has 3 aromatic rings. The van der Waals surface area contributed by atoms with Gasteiger partial charge in [0.2, 0.25) is 10.0 Å². The molecule has 5 nitrogen and oxygen atoms in total. The molecule has 1 amide bonds. The number of fused-ring (bicyclic) bond motifs is 1. The normalized spacial score (nSPS) is 11.4. The van der Waals surface area contributed by atoms with Gasteiger partial charge >= 0.3 is 0 Å². The van der Waals surface area contributed by atoms with Gasteiger partial charge in [0.25, 0.3) is 5.91 Å². The van der Waals surface area contributed by atoms with Crippen LogP contribution in [0.4, 0.5) is 0 Å². The van der Waals surface area contributed by atoms with E-state index in [-0.39, 0.29) is 10.8 Å². The first-order valence-electron chi connectivity index (χ1n) is 7.80. The van der Waals surface area contributed by atoms with E-state index in [4.69, 9.17) is 0 Å². The third-order valence-corrected chi connectivity index (χ3v) is 5.41. The lowest BCUT2D eigenvalue weighted by Crippen LogP contribution is -2.24. The molecule has 128 valence electrons. The molecule has 0 saturated heterocycles. The number of hydrogen-bond donors (Lipinski definition) is 2. The molecule has 0 spiro atoms. The Balaban J connectivity index is 1.80. The van der Waals surface area contributed by atoms with Gasteiger partial charge in [-0.15, -0.1) is 0 Å². The van der Waals surface area contributed by atoms with E-state index < -0.39 is 10.0 Å². The van der Waals surface area contributed by atoms with Gasteiger partial charge in [-0.3, -0.25) is 4.79 Å². The van der Waals surface area contributed by atoms with Crippen LogP contribution in [0, 0.1) is 0 Å². The van der Waals surface area contributed by atoms with Crippen LogP contribution in [0.25, 0.3) is 10.8 Å². The van der Waals surface area contributed by atoms with Crippen LogP contribution in [0.15, 0.2) is 71.6 Å². The van der Waals surface area contributed by atoms with Crippen molar-refractivity contribution in [3.8, 4) is 0 Å². The van der Waals surface area contributed by atoms with Gasteiger partial charge in [-0.1, -0.05) is 48.5 Å². The molecule has 2 N–H and O–H groups in total. The zero-order valence-corrected chi connectivity index (χ0v) is 14.5. The molecule has 3 aromatic carbocycles. The summed E-state index contributed by atoms with van der Waals surface area (Å²) < 4.78 is 26.0. The van der Waals surface area contributed by atoms with E-state index in [9.17, 15) is 13.2 Å². The number of carbonyl (C=O) groups excluding carboxylic acids is 1. The highest BCUT2D eigenvalue weighted by Crippen LogP contribution is 2.18. The smallest absolute Gasteiger partial charge is 0.251 e. The van der Waals surface area contributed by atoms with Crippen molar-refractivity contribution < 1.29 is 13.2 Å². The van der Waals surface area contributed by atoms with E-state index in [0.29, 0.717) is 12.1 Å². The molecule has 0 aromatic heterocycles. The second-order valence-electron chi connectivity index (χ2n) is 5.56. The van der Waals surface area contributed by atoms with Crippen LogP contribution < -0.4 is 10.0 Å². The van der Waals surface area contributed by atoms with Gasteiger partial charge in [-0.05, 0) is 41.6 Å². The van der Waals surface area contributed by atoms with Crippen LogP contribution >= 0.6 is 0 Å². The van der Waals surface area contributed by atoms with Crippen LogP contribution in [0.5, 0.6) is 0 Å². The number of sulfonamides is 1. The number of hydrogen-bond acceptors (Lipinski definition) is 3. The number of nitrogens with one attached hydrogen (secondary N) is 2. The van der Waals surface area contributed by atoms with Gasteiger partial charge in [0.1, 0.15) is 0 Å². The van der Waals surface area contributed by atoms with Crippen molar-refractivity contribution in [3.05, 3.63) is 77.9 Å². The van der Waals surface area contributed by atoms with Gasteiger partial charge in [0, 0.05) is 12.1 Å². The maximum absolute atomic E-state index is 12.4. The van der Waals surface area contributed by atoms with E-state index >= 15 is 0 Å². The summed E-state index contributed by atoms with van der Waals surface area (Å²) in [4.78, 5) is 12.5. The largest absolute Gasteiger partial charge is 0.348 e. The molecule has 0 fully saturated rings. The molecular formula is C19H18N2O3S. The average Bonchev–Trinajstić information content (AvgIpc) is 2.66. The summed E-state index contributed by atoms with van der Waals surface area (Å²) in [6, 6.07) is 19.9. The first-order chi connectivity index (χ1) is 12.0. The first kappa shape index (κ1) is 17.1. The minimum atomic E-state index is -3.58. The summed E-state index contributed by atoms with van der Waals surface area (Å²) in [6.07, 6.45) is 0. The molecule has 0 radical (unpaired) electrons. The van der Waals surface area contributed by atoms with Crippen molar-refractivity contribution in [2.75, 3.05) is 7.05 Å². The van der Waals surface area contributed by atoms with Crippen molar-refractivity contribution in [2.24, 2.45) is 0 Å². The highest BCUT2D eigenvalue weighted by atomic mass is 32.2. The van der Waals surface area contributed by atoms with Crippen LogP contribution in [0.2, 0.25) is 0 Å². The number of amides is 1. The highest BCUT2D eigenvalue weighted by Gasteiger charge is 2.14. The highest BCUT2D eigenvalue weighted by molar-refractivity contribution is 7.89. The number of carbonyl (C=O) groups is 1. The SMILES string of the molecule is CNS(=O)(=O)c1cccc(C(=O)NCc2cccc3ccccc23)c1. The first-order valence-corrected chi connectivity index (χ1v) is 9.28. The average molecular weight is 354 g/mol. The third-order valence-electron chi connectivity index (χ3n) is 3.99. The van der Waals surface area contributed by atoms with Crippen molar-refractivity contribution in [1.82, 2.24) is 10.0 Å². The van der Waals surface area contributed by atoms with E-state index in [2.05, 4.69) is 10.0 Å². The topological polar surface area (TPSA) is 75.3 Å². The Hall–Kier alpha value is -2.70. The van der Waals surface area contributed by atoms with Gasteiger partial charge in [-0.25, -0.2) is 13.1 Å². The van der Waals surface area contributed by atoms with Gasteiger partial charge in [-0.2, -0.15) is 0 Å². The molecule has 0 unspecified atom stereocenters. The fourth-order valence-electron chi connectivity index (χ4n) is 2.65. The Morgan fingerprint density at radius 1 is 0.960 bits per heavy atom. The quantitative estimate of drug-likeness (QED) is 0.740. The second kappa shape index (κ2) is 7.04. The molecule has 0 aliphatic rings. The van der Waals surface area contributed by atoms with Crippen LogP contribution in [0.1, 0.15) is 15.9 Å². The summed E-state index contributed by atoms with van der Waals surface area (Å²) in [7, 11) is -2.24. The molecule has 0 aliphatic carbocycles. The lowest BCUT2D eigenvalue weighted by atomic mass is 10.0. The lowest BCUT2D eigenvalue weighted by Gasteiger charge is -2.09. The van der Waals surface area contributed by atoms with Crippen LogP contribution in [-0.4, -0.2) is 21.4 Å². The van der Waals surface area contributed by atoms with Gasteiger partial charge in [0.05, 0.1) is 4.90 Å². The predicted octanol–water partition coefficient (Wildman–Crippen LogP) is 2.68. The third kappa shape index (κ3) is 3.70. The summed E-state index contributed by atoms with van der Waals surface area (Å²) in [5, 5.41) is 5.04. The molecule has 0 saturated carbocycles. The zero-order valence-electron chi connectivity index (χ0n) is 13.7. The second-order valence-corrected chi connectivity index (χ2v) is 7.44. The molecule has 0 heterocycles. The zero-order chi connectivity index (χ0) is 17.9. The Kier molecular flexibility index (Phi) is 4.83. The monoisotopic (exact) mass is 354 g/mol. The molecule has 0 aliphatic heterocycles. The fourth-order valence-corrected chi connectivity index (χ4v) is 3.42. The molecule has 0 bridgehead atoms. The summed E-state index contributed by atoms with van der Waals surface area (Å²) in [5.41, 5.74) is 1.31. The van der Waals surface area contributed by atoms with Crippen LogP contribution in [0.3, 0.4) is 0 Å². The molecule has 25 heavy (non-hydrogen) atoms. The lowest BCUT2D eigenvalue weighted by molar-refractivity contribution is 0.0951. The van der Waals surface area contributed by atoms with Gasteiger partial charge in [0.15, 0.2) is 0 Å². The maximum atomic E-state index is 12.4. The van der Waals surface area contributed by atoms with Crippen molar-refractivity contribution in [3.63, 3.8) is 0 Å². The van der Waals surface area contributed by atoms with Crippen molar-refractivity contribution >= 4 is 26.7 Å². The van der Waals surface area contributed by atoms with E-state index in [1.54, 1.807) is 12.1 Å². The molecule has 3 rings (SSSR count). The standard InChI is InChI=1S/C19H18N2O3S/c1-20-25(23,24)17-10-5-8-15(12-17)19(22)21-13-16-9-4-7-14-6-2-3-11-18(14)16/h2-12,20H,13H2,1H3,(H,21,22). The Labute approximate surface area is 146 Å². The van der Waals surface area contributed by atoms with Crippen molar-refractivity contribution in [2.45, 2.75) is 11.4 Å². The van der Waals surface area contributed by atoms with E-state index in [1.165, 1.54) is 19.2 Å². The predicted molar refractivity (Wildman–Crippen MR) is 97.8 cm³/mol. The van der Waals surface area contributed by atoms with Crippen LogP contribution in [-0.2, 0) is 16.6 Å². The fraction of sp³-hybridized carbons (Fsp3) is 0.105. The number of benzene rings is 3. The van der Waals surface area contributed by atoms with E-state index in [1.807, 2.05) is 42.5 Å². The minimum Gasteiger partial charge on any atom is -0.348 e. The summed E-state index contributed by atoms with van der Waals surface area (Å²) in [6.45, 7) is 0.364. The Morgan fingerprint density at radius 3 is 2.48 bits per heavy atom. The molecule has 6 heteroatoms. The van der Waals surface area contributed by atoms with Crippen molar-refractivity contribution in [1.29, 1.82) is 0 Å². The Morgan fingerprint density at radius 2 is 1.68 bits per heavy atom. The van der Waals surface area contributed by atoms with Gasteiger partial charge < -0.3 is 5.32 Å². The maximum Gasteiger partial charge on any atom is 0.251 e. The molecular weight excluding hydrogens is 336 g/mol. The Bertz CT molecular complexity index is 1020. The molecule has 0 atom stereocenters. The number of rotatable bonds is 5. The van der Waals surface area contributed by atoms with E-state index in [0.717, 1.165) is 16.3 Å². The minimum absolute atomic E-state index is 0.0628.